The molecule has 0 radical (unpaired) electrons. The van der Waals surface area contributed by atoms with Crippen LogP contribution in [0.15, 0.2) is 36.8 Å². The standard InChI is InChI=1S/C28H35N5O7/c1-27(2,3)39-25(37)32-14-22-19(30-15-33(22)26(38)40-28(4,5)6)12-21(32)23(34)31-20(24(35)36)11-16-13-29-18-10-8-7-9-17(16)18/h7-10,13,15,20-21,29H,11-12,14H2,1-6H3,(H,31,34)(H,35,36)/t20-,21-/m0/s1. The zero-order valence-electron chi connectivity index (χ0n) is 23.5. The lowest BCUT2D eigenvalue weighted by atomic mass is 10.0. The number of H-pyrrole nitrogens is 1. The summed E-state index contributed by atoms with van der Waals surface area (Å²) in [5.41, 5.74) is 0.779. The van der Waals surface area contributed by atoms with Crippen LogP contribution in [0, 0.1) is 0 Å². The van der Waals surface area contributed by atoms with E-state index in [1.807, 2.05) is 24.3 Å². The lowest BCUT2D eigenvalue weighted by Gasteiger charge is -2.36. The maximum Gasteiger partial charge on any atom is 0.420 e. The highest BCUT2D eigenvalue weighted by Gasteiger charge is 2.41. The number of aliphatic carboxylic acids is 1. The second kappa shape index (κ2) is 10.7. The molecular weight excluding hydrogens is 518 g/mol. The largest absolute Gasteiger partial charge is 0.480 e. The second-order valence-electron chi connectivity index (χ2n) is 11.8. The van der Waals surface area contributed by atoms with Crippen LogP contribution in [0.3, 0.4) is 0 Å². The Morgan fingerprint density at radius 1 is 1.07 bits per heavy atom. The average Bonchev–Trinajstić information content (AvgIpc) is 3.44. The molecule has 2 aromatic heterocycles. The molecule has 0 saturated heterocycles. The molecule has 12 nitrogen and oxygen atoms in total. The topological polar surface area (TPSA) is 156 Å². The van der Waals surface area contributed by atoms with E-state index in [4.69, 9.17) is 9.47 Å². The molecule has 214 valence electrons. The minimum Gasteiger partial charge on any atom is -0.480 e. The van der Waals surface area contributed by atoms with Crippen LogP contribution in [0.5, 0.6) is 0 Å². The number of para-hydroxylation sites is 1. The second-order valence-corrected chi connectivity index (χ2v) is 11.8. The summed E-state index contributed by atoms with van der Waals surface area (Å²) >= 11 is 0. The van der Waals surface area contributed by atoms with Gasteiger partial charge in [0.2, 0.25) is 5.91 Å². The van der Waals surface area contributed by atoms with Crippen molar-refractivity contribution < 1.29 is 33.8 Å². The average molecular weight is 554 g/mol. The van der Waals surface area contributed by atoms with Crippen molar-refractivity contribution in [2.75, 3.05) is 0 Å². The van der Waals surface area contributed by atoms with Crippen molar-refractivity contribution in [3.8, 4) is 0 Å². The molecule has 12 heteroatoms. The SMILES string of the molecule is CC(C)(C)OC(=O)N1Cc2c(ncn2C(=O)OC(C)(C)C)C[C@H]1C(=O)N[C@@H](Cc1c[nH]c2ccccc12)C(=O)O. The van der Waals surface area contributed by atoms with Gasteiger partial charge in [0.1, 0.15) is 29.6 Å². The van der Waals surface area contributed by atoms with Gasteiger partial charge in [0.05, 0.1) is 17.9 Å². The minimum absolute atomic E-state index is 0.0305. The summed E-state index contributed by atoms with van der Waals surface area (Å²) in [5, 5.41) is 13.4. The molecule has 3 aromatic rings. The number of hydrogen-bond donors (Lipinski definition) is 3. The zero-order chi connectivity index (χ0) is 29.4. The highest BCUT2D eigenvalue weighted by molar-refractivity contribution is 5.91. The van der Waals surface area contributed by atoms with Crippen LogP contribution in [-0.4, -0.2) is 71.9 Å². The third-order valence-electron chi connectivity index (χ3n) is 6.27. The third-order valence-corrected chi connectivity index (χ3v) is 6.27. The molecule has 0 saturated carbocycles. The molecule has 0 fully saturated rings. The predicted octanol–water partition coefficient (Wildman–Crippen LogP) is 3.62. The fourth-order valence-electron chi connectivity index (χ4n) is 4.52. The fourth-order valence-corrected chi connectivity index (χ4v) is 4.52. The van der Waals surface area contributed by atoms with Gasteiger partial charge in [-0.15, -0.1) is 0 Å². The Hall–Kier alpha value is -4.35. The van der Waals surface area contributed by atoms with Crippen molar-refractivity contribution in [1.29, 1.82) is 0 Å². The molecule has 1 aliphatic heterocycles. The summed E-state index contributed by atoms with van der Waals surface area (Å²) in [6.45, 7) is 10.1. The van der Waals surface area contributed by atoms with Crippen molar-refractivity contribution in [2.45, 2.75) is 84.2 Å². The molecule has 2 atom stereocenters. The molecule has 40 heavy (non-hydrogen) atoms. The number of carboxylic acid groups (broad SMARTS) is 1. The number of imidazole rings is 1. The smallest absolute Gasteiger partial charge is 0.420 e. The number of carbonyl (C=O) groups excluding carboxylic acids is 3. The number of carbonyl (C=O) groups is 4. The number of carboxylic acids is 1. The molecule has 3 heterocycles. The maximum atomic E-state index is 13.6. The number of nitrogens with one attached hydrogen (secondary N) is 2. The van der Waals surface area contributed by atoms with Crippen LogP contribution in [0.2, 0.25) is 0 Å². The Bertz CT molecular complexity index is 1440. The number of rotatable bonds is 5. The first-order valence-corrected chi connectivity index (χ1v) is 13.0. The van der Waals surface area contributed by atoms with E-state index in [0.29, 0.717) is 11.4 Å². The van der Waals surface area contributed by atoms with Gasteiger partial charge in [-0.3, -0.25) is 9.69 Å². The lowest BCUT2D eigenvalue weighted by molar-refractivity contribution is -0.142. The van der Waals surface area contributed by atoms with E-state index in [2.05, 4.69) is 15.3 Å². The van der Waals surface area contributed by atoms with Crippen LogP contribution in [-0.2, 0) is 38.4 Å². The first kappa shape index (κ1) is 28.7. The van der Waals surface area contributed by atoms with Crippen molar-refractivity contribution in [2.24, 2.45) is 0 Å². The van der Waals surface area contributed by atoms with Gasteiger partial charge in [-0.05, 0) is 53.2 Å². The van der Waals surface area contributed by atoms with Crippen LogP contribution in [0.1, 0.15) is 58.5 Å². The molecule has 1 aromatic carbocycles. The Balaban J connectivity index is 1.61. The van der Waals surface area contributed by atoms with Gasteiger partial charge < -0.3 is 24.9 Å². The molecule has 2 amide bonds. The van der Waals surface area contributed by atoms with E-state index < -0.39 is 47.3 Å². The molecule has 3 N–H and O–H groups in total. The van der Waals surface area contributed by atoms with E-state index in [0.717, 1.165) is 16.5 Å². The summed E-state index contributed by atoms with van der Waals surface area (Å²) in [6, 6.07) is 5.09. The highest BCUT2D eigenvalue weighted by atomic mass is 16.6. The third kappa shape index (κ3) is 6.44. The molecule has 0 aliphatic carbocycles. The number of hydrogen-bond acceptors (Lipinski definition) is 7. The van der Waals surface area contributed by atoms with Gasteiger partial charge in [-0.2, -0.15) is 0 Å². The fraction of sp³-hybridized carbons (Fsp3) is 0.464. The van der Waals surface area contributed by atoms with Gasteiger partial charge in [-0.1, -0.05) is 18.2 Å². The number of nitrogens with zero attached hydrogens (tertiary/aromatic N) is 3. The molecule has 0 bridgehead atoms. The van der Waals surface area contributed by atoms with Gasteiger partial charge in [0.25, 0.3) is 0 Å². The normalized spacial score (nSPS) is 16.2. The van der Waals surface area contributed by atoms with Crippen molar-refractivity contribution in [3.05, 3.63) is 53.7 Å². The van der Waals surface area contributed by atoms with Crippen molar-refractivity contribution in [1.82, 2.24) is 24.8 Å². The van der Waals surface area contributed by atoms with E-state index in [1.165, 1.54) is 15.8 Å². The molecular formula is C28H35N5O7. The number of aromatic amines is 1. The number of fused-ring (bicyclic) bond motifs is 2. The van der Waals surface area contributed by atoms with Crippen molar-refractivity contribution in [3.63, 3.8) is 0 Å². The van der Waals surface area contributed by atoms with Crippen LogP contribution in [0.25, 0.3) is 10.9 Å². The van der Waals surface area contributed by atoms with Crippen LogP contribution < -0.4 is 5.32 Å². The highest BCUT2D eigenvalue weighted by Crippen LogP contribution is 2.26. The zero-order valence-corrected chi connectivity index (χ0v) is 23.5. The Labute approximate surface area is 231 Å². The Kier molecular flexibility index (Phi) is 7.64. The van der Waals surface area contributed by atoms with Crippen LogP contribution >= 0.6 is 0 Å². The molecule has 4 rings (SSSR count). The summed E-state index contributed by atoms with van der Waals surface area (Å²) < 4.78 is 12.2. The Morgan fingerprint density at radius 2 is 1.73 bits per heavy atom. The lowest BCUT2D eigenvalue weighted by Crippen LogP contribution is -2.56. The number of amides is 2. The van der Waals surface area contributed by atoms with E-state index in [9.17, 15) is 24.3 Å². The van der Waals surface area contributed by atoms with Gasteiger partial charge in [0.15, 0.2) is 0 Å². The van der Waals surface area contributed by atoms with Gasteiger partial charge >= 0.3 is 18.2 Å². The molecule has 0 spiro atoms. The van der Waals surface area contributed by atoms with Gasteiger partial charge in [-0.25, -0.2) is 23.9 Å². The predicted molar refractivity (Wildman–Crippen MR) is 145 cm³/mol. The van der Waals surface area contributed by atoms with Crippen molar-refractivity contribution >= 4 is 35.0 Å². The van der Waals surface area contributed by atoms with E-state index in [1.54, 1.807) is 47.7 Å². The van der Waals surface area contributed by atoms with E-state index >= 15 is 0 Å². The van der Waals surface area contributed by atoms with Gasteiger partial charge in [0, 0.05) is 29.9 Å². The first-order valence-electron chi connectivity index (χ1n) is 13.0. The quantitative estimate of drug-likeness (QED) is 0.433. The van der Waals surface area contributed by atoms with E-state index in [-0.39, 0.29) is 19.4 Å². The number of aromatic nitrogens is 3. The minimum atomic E-state index is -1.26. The first-order chi connectivity index (χ1) is 18.6. The summed E-state index contributed by atoms with van der Waals surface area (Å²) in [7, 11) is 0. The number of benzene rings is 1. The summed E-state index contributed by atoms with van der Waals surface area (Å²) in [5.74, 6) is -1.89. The molecule has 0 unspecified atom stereocenters. The Morgan fingerprint density at radius 3 is 2.38 bits per heavy atom. The monoisotopic (exact) mass is 553 g/mol. The summed E-state index contributed by atoms with van der Waals surface area (Å²) in [4.78, 5) is 60.4. The maximum absolute atomic E-state index is 13.6. The number of ether oxygens (including phenoxy) is 2. The summed E-state index contributed by atoms with van der Waals surface area (Å²) in [6.07, 6.45) is 1.55. The van der Waals surface area contributed by atoms with Crippen LogP contribution in [0.4, 0.5) is 9.59 Å². The molecule has 1 aliphatic rings.